The summed E-state index contributed by atoms with van der Waals surface area (Å²) in [5, 5.41) is 2.48. The molecule has 0 N–H and O–H groups in total. The van der Waals surface area contributed by atoms with Crippen molar-refractivity contribution in [3.05, 3.63) is 35.9 Å². The van der Waals surface area contributed by atoms with Crippen LogP contribution >= 0.6 is 11.8 Å². The Morgan fingerprint density at radius 3 is 2.80 bits per heavy atom. The molecule has 1 aliphatic heterocycles. The summed E-state index contributed by atoms with van der Waals surface area (Å²) >= 11 is 1.92. The van der Waals surface area contributed by atoms with Gasteiger partial charge in [0, 0.05) is 17.7 Å². The number of hydrogen-bond donors (Lipinski definition) is 0. The van der Waals surface area contributed by atoms with E-state index in [2.05, 4.69) is 42.2 Å². The number of aryl methyl sites for hydroxylation is 1. The molecule has 0 spiro atoms. The molecule has 0 unspecified atom stereocenters. The number of nitrogens with zero attached hydrogens (tertiary/aromatic N) is 2. The van der Waals surface area contributed by atoms with E-state index in [1.165, 1.54) is 48.5 Å². The van der Waals surface area contributed by atoms with Gasteiger partial charge in [-0.3, -0.25) is 0 Å². The second-order valence-electron chi connectivity index (χ2n) is 5.40. The molecule has 2 nitrogen and oxygen atoms in total. The van der Waals surface area contributed by atoms with E-state index in [0.717, 1.165) is 17.7 Å². The number of para-hydroxylation sites is 1. The van der Waals surface area contributed by atoms with E-state index in [9.17, 15) is 0 Å². The number of pyridine rings is 1. The van der Waals surface area contributed by atoms with Crippen LogP contribution in [0.2, 0.25) is 0 Å². The monoisotopic (exact) mass is 286 g/mol. The molecule has 2 aromatic rings. The normalized spacial score (nSPS) is 16.1. The average Bonchev–Trinajstić information content (AvgIpc) is 3.00. The molecular weight excluding hydrogens is 264 g/mol. The quantitative estimate of drug-likeness (QED) is 0.773. The third kappa shape index (κ3) is 3.15. The van der Waals surface area contributed by atoms with Crippen molar-refractivity contribution in [3.8, 4) is 0 Å². The summed E-state index contributed by atoms with van der Waals surface area (Å²) in [6, 6.07) is 10.7. The Kier molecular flexibility index (Phi) is 4.58. The number of fused-ring (bicyclic) bond motifs is 1. The molecule has 106 valence electrons. The topological polar surface area (TPSA) is 16.1 Å². The van der Waals surface area contributed by atoms with E-state index in [1.54, 1.807) is 0 Å². The van der Waals surface area contributed by atoms with Crippen molar-refractivity contribution in [1.82, 2.24) is 9.88 Å². The molecule has 1 aliphatic rings. The van der Waals surface area contributed by atoms with Crippen LogP contribution in [0.15, 0.2) is 35.4 Å². The third-order valence-corrected chi connectivity index (χ3v) is 5.00. The zero-order valence-corrected chi connectivity index (χ0v) is 13.0. The van der Waals surface area contributed by atoms with Gasteiger partial charge in [-0.2, -0.15) is 0 Å². The first-order chi connectivity index (χ1) is 9.86. The Labute approximate surface area is 125 Å². The van der Waals surface area contributed by atoms with Crippen LogP contribution in [0.5, 0.6) is 0 Å². The largest absolute Gasteiger partial charge is 0.303 e. The molecule has 1 saturated heterocycles. The van der Waals surface area contributed by atoms with Crippen molar-refractivity contribution in [2.45, 2.75) is 31.2 Å². The standard InChI is InChI=1S/C17H22N2S/c1-2-14-13-15-7-3-4-8-16(15)18-17(14)20-12-11-19-9-5-6-10-19/h3-4,7-8,13H,2,5-6,9-12H2,1H3. The highest BCUT2D eigenvalue weighted by atomic mass is 32.2. The molecule has 0 saturated carbocycles. The van der Waals surface area contributed by atoms with Crippen molar-refractivity contribution in [3.63, 3.8) is 0 Å². The van der Waals surface area contributed by atoms with Crippen LogP contribution in [0, 0.1) is 0 Å². The van der Waals surface area contributed by atoms with E-state index in [4.69, 9.17) is 4.98 Å². The van der Waals surface area contributed by atoms with Gasteiger partial charge in [0.05, 0.1) is 10.5 Å². The van der Waals surface area contributed by atoms with Gasteiger partial charge in [-0.1, -0.05) is 25.1 Å². The Morgan fingerprint density at radius 1 is 1.20 bits per heavy atom. The zero-order chi connectivity index (χ0) is 13.8. The summed E-state index contributed by atoms with van der Waals surface area (Å²) in [7, 11) is 0. The van der Waals surface area contributed by atoms with E-state index >= 15 is 0 Å². The van der Waals surface area contributed by atoms with Crippen molar-refractivity contribution < 1.29 is 0 Å². The van der Waals surface area contributed by atoms with Crippen LogP contribution in [0.25, 0.3) is 10.9 Å². The highest BCUT2D eigenvalue weighted by Gasteiger charge is 2.12. The molecule has 3 heteroatoms. The van der Waals surface area contributed by atoms with Gasteiger partial charge in [0.1, 0.15) is 0 Å². The number of rotatable bonds is 5. The van der Waals surface area contributed by atoms with Gasteiger partial charge in [-0.25, -0.2) is 4.98 Å². The maximum Gasteiger partial charge on any atom is 0.0999 e. The predicted molar refractivity (Wildman–Crippen MR) is 87.5 cm³/mol. The number of benzene rings is 1. The average molecular weight is 286 g/mol. The molecular formula is C17H22N2S. The van der Waals surface area contributed by atoms with Gasteiger partial charge < -0.3 is 4.90 Å². The van der Waals surface area contributed by atoms with Crippen LogP contribution in [-0.4, -0.2) is 35.3 Å². The fourth-order valence-corrected chi connectivity index (χ4v) is 3.89. The van der Waals surface area contributed by atoms with Crippen LogP contribution in [0.3, 0.4) is 0 Å². The zero-order valence-electron chi connectivity index (χ0n) is 12.1. The number of thioether (sulfide) groups is 1. The molecule has 3 rings (SSSR count). The summed E-state index contributed by atoms with van der Waals surface area (Å²) in [5.74, 6) is 1.15. The molecule has 0 amide bonds. The molecule has 20 heavy (non-hydrogen) atoms. The molecule has 1 aromatic heterocycles. The van der Waals surface area contributed by atoms with Crippen molar-refractivity contribution in [2.24, 2.45) is 0 Å². The fraction of sp³-hybridized carbons (Fsp3) is 0.471. The number of likely N-dealkylation sites (tertiary alicyclic amines) is 1. The van der Waals surface area contributed by atoms with Crippen molar-refractivity contribution in [1.29, 1.82) is 0 Å². The summed E-state index contributed by atoms with van der Waals surface area (Å²) < 4.78 is 0. The van der Waals surface area contributed by atoms with Crippen molar-refractivity contribution in [2.75, 3.05) is 25.4 Å². The summed E-state index contributed by atoms with van der Waals surface area (Å²) in [6.07, 6.45) is 3.81. The number of aromatic nitrogens is 1. The van der Waals surface area contributed by atoms with Crippen LogP contribution in [-0.2, 0) is 6.42 Å². The van der Waals surface area contributed by atoms with Gasteiger partial charge in [0.25, 0.3) is 0 Å². The van der Waals surface area contributed by atoms with E-state index in [1.807, 2.05) is 11.8 Å². The number of hydrogen-bond acceptors (Lipinski definition) is 3. The van der Waals surface area contributed by atoms with E-state index in [-0.39, 0.29) is 0 Å². The van der Waals surface area contributed by atoms with Gasteiger partial charge in [-0.05, 0) is 50.0 Å². The maximum atomic E-state index is 4.85. The molecule has 0 atom stereocenters. The summed E-state index contributed by atoms with van der Waals surface area (Å²) in [5.41, 5.74) is 2.50. The lowest BCUT2D eigenvalue weighted by atomic mass is 10.1. The van der Waals surface area contributed by atoms with E-state index in [0.29, 0.717) is 0 Å². The Hall–Kier alpha value is -1.06. The summed E-state index contributed by atoms with van der Waals surface area (Å²) in [6.45, 7) is 5.98. The first kappa shape index (κ1) is 13.9. The summed E-state index contributed by atoms with van der Waals surface area (Å²) in [4.78, 5) is 7.42. The molecule has 2 heterocycles. The minimum absolute atomic E-state index is 1.06. The predicted octanol–water partition coefficient (Wildman–Crippen LogP) is 3.99. The Bertz CT molecular complexity index is 576. The van der Waals surface area contributed by atoms with Gasteiger partial charge >= 0.3 is 0 Å². The highest BCUT2D eigenvalue weighted by molar-refractivity contribution is 7.99. The fourth-order valence-electron chi connectivity index (χ4n) is 2.80. The minimum atomic E-state index is 1.06. The lowest BCUT2D eigenvalue weighted by Gasteiger charge is -2.14. The van der Waals surface area contributed by atoms with Gasteiger partial charge in [0.2, 0.25) is 0 Å². The van der Waals surface area contributed by atoms with Crippen molar-refractivity contribution >= 4 is 22.7 Å². The van der Waals surface area contributed by atoms with Crippen LogP contribution in [0.1, 0.15) is 25.3 Å². The second-order valence-corrected chi connectivity index (χ2v) is 6.48. The third-order valence-electron chi connectivity index (χ3n) is 3.99. The lowest BCUT2D eigenvalue weighted by molar-refractivity contribution is 0.362. The Balaban J connectivity index is 1.72. The Morgan fingerprint density at radius 2 is 2.00 bits per heavy atom. The molecule has 0 radical (unpaired) electrons. The van der Waals surface area contributed by atoms with Crippen LogP contribution < -0.4 is 0 Å². The first-order valence-electron chi connectivity index (χ1n) is 7.60. The smallest absolute Gasteiger partial charge is 0.0999 e. The minimum Gasteiger partial charge on any atom is -0.303 e. The van der Waals surface area contributed by atoms with Gasteiger partial charge in [-0.15, -0.1) is 11.8 Å². The molecule has 1 aromatic carbocycles. The van der Waals surface area contributed by atoms with Gasteiger partial charge in [0.15, 0.2) is 0 Å². The maximum absolute atomic E-state index is 4.85. The van der Waals surface area contributed by atoms with E-state index < -0.39 is 0 Å². The lowest BCUT2D eigenvalue weighted by Crippen LogP contribution is -2.21. The SMILES string of the molecule is CCc1cc2ccccc2nc1SCCN1CCCC1. The molecule has 1 fully saturated rings. The molecule has 0 aliphatic carbocycles. The molecule has 0 bridgehead atoms. The first-order valence-corrected chi connectivity index (χ1v) is 8.59. The highest BCUT2D eigenvalue weighted by Crippen LogP contribution is 2.25. The second kappa shape index (κ2) is 6.59. The van der Waals surface area contributed by atoms with Crippen LogP contribution in [0.4, 0.5) is 0 Å².